The number of hydrogen-bond donors (Lipinski definition) is 0. The molecule has 2 aliphatic carbocycles. The fraction of sp³-hybridized carbons (Fsp3) is 0.0435. The third kappa shape index (κ3) is 18.7. The minimum absolute atomic E-state index is 0.165. The van der Waals surface area contributed by atoms with Crippen molar-refractivity contribution in [3.63, 3.8) is 0 Å². The first kappa shape index (κ1) is 90.8. The van der Waals surface area contributed by atoms with Crippen LogP contribution < -0.4 is 29.4 Å². The molecule has 2 aliphatic rings. The Balaban J connectivity index is 0.000000125. The molecule has 24 rings (SSSR count). The first-order chi connectivity index (χ1) is 71.0. The topological polar surface area (TPSA) is 19.4 Å². The zero-order valence-corrected chi connectivity index (χ0v) is 81.1. The van der Waals surface area contributed by atoms with Gasteiger partial charge in [0.05, 0.1) is 11.4 Å². The van der Waals surface area contributed by atoms with E-state index in [0.717, 1.165) is 102 Å². The van der Waals surface area contributed by atoms with E-state index in [2.05, 4.69) is 615 Å². The number of hydrogen-bond acceptors (Lipinski definition) is 6. The summed E-state index contributed by atoms with van der Waals surface area (Å²) in [6.07, 6.45) is 8.85. The maximum Gasteiger partial charge on any atom is 0.0540 e. The fourth-order valence-corrected chi connectivity index (χ4v) is 20.8. The monoisotopic (exact) mass is 1850 g/mol. The Morgan fingerprint density at radius 2 is 0.333 bits per heavy atom. The summed E-state index contributed by atoms with van der Waals surface area (Å²) in [5.41, 5.74) is 38.2. The molecule has 0 N–H and O–H groups in total. The molecule has 0 aromatic heterocycles. The Bertz CT molecular complexity index is 7520. The third-order valence-electron chi connectivity index (χ3n) is 27.9. The van der Waals surface area contributed by atoms with Crippen molar-refractivity contribution in [3.05, 3.63) is 603 Å². The van der Waals surface area contributed by atoms with Crippen LogP contribution in [0.3, 0.4) is 0 Å². The SMILES string of the molecule is C(=C\c1ccc(N(c2ccccc2)c2ccccc2)c2ccccc12)/c1ccc(N(c2ccccc2)c2ccccc2)c2ccccc12.C(=C\c1ccc(N(c2ccccc2)c2ccccc2)cc1)/c1ccc(N(c2ccccc2)c2ccccc2)cc1.CC1(C)c2cc(-c3ccc4c(c3)C(C)(C)c3cc(N(c5ccccc5)c5ccccc5)ccc3-4)ccc2-c2ccc(N(c3ccccc3)c3ccccc3)cc21. The second-order valence-corrected chi connectivity index (χ2v) is 37.6. The highest BCUT2D eigenvalue weighted by Crippen LogP contribution is 2.56. The van der Waals surface area contributed by atoms with Crippen LogP contribution in [-0.4, -0.2) is 0 Å². The predicted octanol–water partition coefficient (Wildman–Crippen LogP) is 38.8. The predicted molar refractivity (Wildman–Crippen MR) is 614 cm³/mol. The van der Waals surface area contributed by atoms with Gasteiger partial charge in [-0.1, -0.05) is 392 Å². The van der Waals surface area contributed by atoms with Crippen molar-refractivity contribution in [3.8, 4) is 33.4 Å². The van der Waals surface area contributed by atoms with Crippen LogP contribution in [0.2, 0.25) is 0 Å². The molecule has 22 aromatic carbocycles. The maximum atomic E-state index is 2.45. The van der Waals surface area contributed by atoms with Gasteiger partial charge in [0.25, 0.3) is 0 Å². The Morgan fingerprint density at radius 1 is 0.146 bits per heavy atom. The lowest BCUT2D eigenvalue weighted by molar-refractivity contribution is 0.659. The molecular formula is C138H108N6. The van der Waals surface area contributed by atoms with Gasteiger partial charge in [0.2, 0.25) is 0 Å². The molecule has 0 unspecified atom stereocenters. The Kier molecular flexibility index (Phi) is 25.8. The van der Waals surface area contributed by atoms with Crippen molar-refractivity contribution in [2.75, 3.05) is 29.4 Å². The summed E-state index contributed by atoms with van der Waals surface area (Å²) in [5, 5.41) is 4.83. The molecule has 0 amide bonds. The average molecular weight is 1850 g/mol. The smallest absolute Gasteiger partial charge is 0.0540 e. The molecule has 6 heteroatoms. The molecule has 22 aromatic rings. The summed E-state index contributed by atoms with van der Waals surface area (Å²) >= 11 is 0. The van der Waals surface area contributed by atoms with Crippen molar-refractivity contribution in [2.24, 2.45) is 0 Å². The van der Waals surface area contributed by atoms with Gasteiger partial charge in [-0.25, -0.2) is 0 Å². The zero-order chi connectivity index (χ0) is 97.1. The summed E-state index contributed by atoms with van der Waals surface area (Å²) in [5.74, 6) is 0. The molecule has 0 atom stereocenters. The molecule has 0 heterocycles. The van der Waals surface area contributed by atoms with E-state index >= 15 is 0 Å². The second-order valence-electron chi connectivity index (χ2n) is 37.6. The van der Waals surface area contributed by atoms with E-state index in [-0.39, 0.29) is 10.8 Å². The lowest BCUT2D eigenvalue weighted by Crippen LogP contribution is -2.17. The molecule has 0 fully saturated rings. The van der Waals surface area contributed by atoms with Crippen LogP contribution in [0.4, 0.5) is 102 Å². The summed E-state index contributed by atoms with van der Waals surface area (Å²) < 4.78 is 0. The minimum Gasteiger partial charge on any atom is -0.311 e. The molecule has 0 saturated carbocycles. The van der Waals surface area contributed by atoms with E-state index in [1.165, 1.54) is 99.7 Å². The fourth-order valence-electron chi connectivity index (χ4n) is 20.8. The Morgan fingerprint density at radius 3 is 0.576 bits per heavy atom. The summed E-state index contributed by atoms with van der Waals surface area (Å²) in [6.45, 7) is 9.53. The van der Waals surface area contributed by atoms with E-state index in [1.807, 2.05) is 24.3 Å². The van der Waals surface area contributed by atoms with Gasteiger partial charge in [0.1, 0.15) is 0 Å². The molecule has 690 valence electrons. The maximum absolute atomic E-state index is 2.45. The summed E-state index contributed by atoms with van der Waals surface area (Å²) in [7, 11) is 0. The molecular weight excluding hydrogens is 1740 g/mol. The van der Waals surface area contributed by atoms with E-state index < -0.39 is 0 Å². The van der Waals surface area contributed by atoms with E-state index in [9.17, 15) is 0 Å². The van der Waals surface area contributed by atoms with E-state index in [0.29, 0.717) is 0 Å². The molecule has 0 radical (unpaired) electrons. The highest BCUT2D eigenvalue weighted by Gasteiger charge is 2.39. The molecule has 0 bridgehead atoms. The lowest BCUT2D eigenvalue weighted by Gasteiger charge is -2.28. The van der Waals surface area contributed by atoms with Crippen LogP contribution in [0.1, 0.15) is 72.2 Å². The highest BCUT2D eigenvalue weighted by molar-refractivity contribution is 6.07. The zero-order valence-electron chi connectivity index (χ0n) is 81.1. The highest BCUT2D eigenvalue weighted by atomic mass is 15.2. The molecule has 0 saturated heterocycles. The molecule has 6 nitrogen and oxygen atoms in total. The first-order valence-corrected chi connectivity index (χ1v) is 49.6. The number of rotatable bonds is 23. The van der Waals surface area contributed by atoms with Gasteiger partial charge in [-0.15, -0.1) is 0 Å². The van der Waals surface area contributed by atoms with Crippen molar-refractivity contribution in [2.45, 2.75) is 38.5 Å². The van der Waals surface area contributed by atoms with Crippen LogP contribution >= 0.6 is 0 Å². The summed E-state index contributed by atoms with van der Waals surface area (Å²) in [6, 6.07) is 199. The van der Waals surface area contributed by atoms with Crippen LogP contribution in [-0.2, 0) is 10.8 Å². The van der Waals surface area contributed by atoms with Gasteiger partial charge >= 0.3 is 0 Å². The van der Waals surface area contributed by atoms with Gasteiger partial charge in [-0.05, 0) is 307 Å². The van der Waals surface area contributed by atoms with Crippen molar-refractivity contribution in [1.29, 1.82) is 0 Å². The quantitative estimate of drug-likeness (QED) is 0.0590. The van der Waals surface area contributed by atoms with Crippen molar-refractivity contribution in [1.82, 2.24) is 0 Å². The van der Waals surface area contributed by atoms with Crippen molar-refractivity contribution < 1.29 is 0 Å². The average Bonchev–Trinajstić information content (AvgIpc) is 1.57. The van der Waals surface area contributed by atoms with Gasteiger partial charge in [-0.2, -0.15) is 0 Å². The minimum atomic E-state index is -0.165. The summed E-state index contributed by atoms with van der Waals surface area (Å²) in [4.78, 5) is 14.0. The van der Waals surface area contributed by atoms with Gasteiger partial charge in [0.15, 0.2) is 0 Å². The third-order valence-corrected chi connectivity index (χ3v) is 27.9. The largest absolute Gasteiger partial charge is 0.311 e. The van der Waals surface area contributed by atoms with E-state index in [4.69, 9.17) is 0 Å². The number of anilines is 18. The van der Waals surface area contributed by atoms with Crippen LogP contribution in [0.15, 0.2) is 558 Å². The molecule has 0 aliphatic heterocycles. The van der Waals surface area contributed by atoms with Gasteiger partial charge < -0.3 is 29.4 Å². The van der Waals surface area contributed by atoms with Crippen molar-refractivity contribution >= 4 is 148 Å². The van der Waals surface area contributed by atoms with Gasteiger partial charge in [0, 0.05) is 113 Å². The number of nitrogens with zero attached hydrogens (tertiary/aromatic N) is 6. The molecule has 0 spiro atoms. The number of fused-ring (bicyclic) bond motifs is 8. The first-order valence-electron chi connectivity index (χ1n) is 49.6. The van der Waals surface area contributed by atoms with E-state index in [1.54, 1.807) is 0 Å². The number of para-hydroxylation sites is 12. The lowest BCUT2D eigenvalue weighted by atomic mass is 9.80. The van der Waals surface area contributed by atoms with Crippen LogP contribution in [0.5, 0.6) is 0 Å². The number of benzene rings is 22. The van der Waals surface area contributed by atoms with Crippen LogP contribution in [0.25, 0.3) is 79.2 Å². The van der Waals surface area contributed by atoms with Crippen LogP contribution in [0, 0.1) is 0 Å². The Labute approximate surface area is 846 Å². The normalized spacial score (nSPS) is 12.2. The second kappa shape index (κ2) is 41.0. The van der Waals surface area contributed by atoms with Gasteiger partial charge in [-0.3, -0.25) is 0 Å². The molecule has 144 heavy (non-hydrogen) atoms. The standard InChI is InChI=1S/C54H44N2.C46H34N2.C38H30N2/c1-53(2)49-33-37(25-29-45(49)47-31-27-43(35-51(47)53)55(39-17-9-5-10-18-39)40-19-11-6-12-20-40)38-26-30-46-48-32-28-44(36-52(48)54(3,4)50(46)34-38)56(41-21-13-7-14-22-41)42-23-15-8-16-24-42;1-5-17-37(18-6-1)47(38-19-7-2-8-20-38)45-33-31-35(41-25-13-15-27-43(41)45)29-30-36-32-34-46(44-28-16-14-26-42(36)44)48(39-21-9-3-10-22-39)40-23-11-4-12-24-40;1-5-13-33(14-6-1)39(34-15-7-2-8-16-34)37-27-23-31(24-28-37)21-22-32-25-29-38(30-26-32)40(35-17-9-3-10-18-35)36-19-11-4-12-20-36/h5-36H,1-4H3;1-34H;1-30H/b;30-29+;22-21+. The Hall–Kier alpha value is -18.4.